The van der Waals surface area contributed by atoms with Crippen LogP contribution in [0.15, 0.2) is 18.2 Å². The lowest BCUT2D eigenvalue weighted by Crippen LogP contribution is -2.32. The van der Waals surface area contributed by atoms with Gasteiger partial charge in [0.1, 0.15) is 0 Å². The van der Waals surface area contributed by atoms with Gasteiger partial charge in [0.2, 0.25) is 0 Å². The fourth-order valence-electron chi connectivity index (χ4n) is 2.35. The van der Waals surface area contributed by atoms with E-state index >= 15 is 0 Å². The Morgan fingerprint density at radius 1 is 1.21 bits per heavy atom. The molecule has 4 nitrogen and oxygen atoms in total. The van der Waals surface area contributed by atoms with Gasteiger partial charge >= 0.3 is 11.9 Å². The van der Waals surface area contributed by atoms with Gasteiger partial charge < -0.3 is 10.1 Å². The minimum atomic E-state index is -0.819. The van der Waals surface area contributed by atoms with Crippen molar-refractivity contribution in [3.05, 3.63) is 34.9 Å². The van der Waals surface area contributed by atoms with Gasteiger partial charge in [-0.25, -0.2) is 4.79 Å². The Bertz CT molecular complexity index is 482. The van der Waals surface area contributed by atoms with Crippen molar-refractivity contribution in [3.8, 4) is 0 Å². The highest BCUT2D eigenvalue weighted by Gasteiger charge is 2.14. The zero-order valence-electron chi connectivity index (χ0n) is 11.2. The van der Waals surface area contributed by atoms with Crippen LogP contribution in [0.1, 0.15) is 36.5 Å². The van der Waals surface area contributed by atoms with Crippen molar-refractivity contribution in [3.63, 3.8) is 0 Å². The molecule has 0 radical (unpaired) electrons. The summed E-state index contributed by atoms with van der Waals surface area (Å²) in [5.74, 6) is -1.50. The zero-order valence-corrected chi connectivity index (χ0v) is 11.2. The Labute approximate surface area is 113 Å². The average molecular weight is 261 g/mol. The molecule has 1 aliphatic carbocycles. The lowest BCUT2D eigenvalue weighted by molar-refractivity contribution is -0.154. The molecule has 0 saturated carbocycles. The Hall–Kier alpha value is -1.84. The number of hydrogen-bond acceptors (Lipinski definition) is 3. The standard InChI is InChI=1S/C15H19NO3/c1-2-19-15(18)14(17)16-10-11-7-8-12-5-3-4-6-13(12)9-11/h7-9H,2-6,10H2,1H3,(H,16,17). The molecule has 4 heteroatoms. The second kappa shape index (κ2) is 6.36. The first-order valence-electron chi connectivity index (χ1n) is 6.76. The first-order valence-corrected chi connectivity index (χ1v) is 6.76. The van der Waals surface area contributed by atoms with Crippen molar-refractivity contribution in [2.45, 2.75) is 39.2 Å². The molecule has 1 aromatic carbocycles. The molecular formula is C15H19NO3. The van der Waals surface area contributed by atoms with Gasteiger partial charge in [-0.1, -0.05) is 18.2 Å². The van der Waals surface area contributed by atoms with E-state index in [4.69, 9.17) is 0 Å². The van der Waals surface area contributed by atoms with E-state index in [1.807, 2.05) is 6.07 Å². The summed E-state index contributed by atoms with van der Waals surface area (Å²) in [5, 5.41) is 2.58. The van der Waals surface area contributed by atoms with Gasteiger partial charge in [-0.15, -0.1) is 0 Å². The van der Waals surface area contributed by atoms with Crippen LogP contribution in [0.25, 0.3) is 0 Å². The van der Waals surface area contributed by atoms with E-state index in [9.17, 15) is 9.59 Å². The third kappa shape index (κ3) is 3.56. The molecule has 0 bridgehead atoms. The number of esters is 1. The number of carbonyl (C=O) groups excluding carboxylic acids is 2. The molecule has 0 aliphatic heterocycles. The number of nitrogens with one attached hydrogen (secondary N) is 1. The van der Waals surface area contributed by atoms with Crippen LogP contribution in [0.3, 0.4) is 0 Å². The summed E-state index contributed by atoms with van der Waals surface area (Å²) in [6.45, 7) is 2.25. The largest absolute Gasteiger partial charge is 0.459 e. The van der Waals surface area contributed by atoms with Crippen LogP contribution in [0.5, 0.6) is 0 Å². The third-order valence-electron chi connectivity index (χ3n) is 3.33. The minimum Gasteiger partial charge on any atom is -0.459 e. The van der Waals surface area contributed by atoms with E-state index in [0.717, 1.165) is 18.4 Å². The highest BCUT2D eigenvalue weighted by atomic mass is 16.5. The summed E-state index contributed by atoms with van der Waals surface area (Å²) in [6.07, 6.45) is 4.73. The van der Waals surface area contributed by atoms with E-state index in [2.05, 4.69) is 22.2 Å². The molecule has 1 aromatic rings. The van der Waals surface area contributed by atoms with Gasteiger partial charge in [-0.05, 0) is 49.3 Å². The number of aryl methyl sites for hydroxylation is 2. The number of ether oxygens (including phenoxy) is 1. The lowest BCUT2D eigenvalue weighted by Gasteiger charge is -2.16. The number of rotatable bonds is 3. The quantitative estimate of drug-likeness (QED) is 0.666. The van der Waals surface area contributed by atoms with Gasteiger partial charge in [-0.3, -0.25) is 4.79 Å². The van der Waals surface area contributed by atoms with Crippen molar-refractivity contribution in [2.75, 3.05) is 6.61 Å². The van der Waals surface area contributed by atoms with Gasteiger partial charge in [0.05, 0.1) is 6.61 Å². The fraction of sp³-hybridized carbons (Fsp3) is 0.467. The molecule has 2 rings (SSSR count). The maximum atomic E-state index is 11.4. The predicted molar refractivity (Wildman–Crippen MR) is 71.6 cm³/mol. The normalized spacial score (nSPS) is 13.5. The van der Waals surface area contributed by atoms with Gasteiger partial charge in [-0.2, -0.15) is 0 Å². The molecule has 0 unspecified atom stereocenters. The molecular weight excluding hydrogens is 242 g/mol. The molecule has 0 fully saturated rings. The monoisotopic (exact) mass is 261 g/mol. The number of carbonyl (C=O) groups is 2. The predicted octanol–water partition coefficient (Wildman–Crippen LogP) is 1.74. The summed E-state index contributed by atoms with van der Waals surface area (Å²) < 4.78 is 4.63. The second-order valence-electron chi connectivity index (χ2n) is 4.71. The fourth-order valence-corrected chi connectivity index (χ4v) is 2.35. The third-order valence-corrected chi connectivity index (χ3v) is 3.33. The van der Waals surface area contributed by atoms with Crippen LogP contribution in [-0.4, -0.2) is 18.5 Å². The minimum absolute atomic E-state index is 0.213. The number of fused-ring (bicyclic) bond motifs is 1. The molecule has 0 saturated heterocycles. The van der Waals surface area contributed by atoms with Gasteiger partial charge in [0, 0.05) is 6.54 Å². The molecule has 0 aromatic heterocycles. The number of hydrogen-bond donors (Lipinski definition) is 1. The highest BCUT2D eigenvalue weighted by molar-refractivity contribution is 6.32. The topological polar surface area (TPSA) is 55.4 Å². The molecule has 0 heterocycles. The van der Waals surface area contributed by atoms with Crippen molar-refractivity contribution in [2.24, 2.45) is 0 Å². The Morgan fingerprint density at radius 3 is 2.68 bits per heavy atom. The van der Waals surface area contributed by atoms with E-state index in [1.165, 1.54) is 24.0 Å². The second-order valence-corrected chi connectivity index (χ2v) is 4.71. The first kappa shape index (κ1) is 13.6. The molecule has 1 N–H and O–H groups in total. The van der Waals surface area contributed by atoms with E-state index < -0.39 is 11.9 Å². The van der Waals surface area contributed by atoms with Crippen molar-refractivity contribution >= 4 is 11.9 Å². The van der Waals surface area contributed by atoms with Gasteiger partial charge in [0.25, 0.3) is 0 Å². The van der Waals surface area contributed by atoms with E-state index in [-0.39, 0.29) is 6.61 Å². The first-order chi connectivity index (χ1) is 9.20. The average Bonchev–Trinajstić information content (AvgIpc) is 2.44. The molecule has 1 amide bonds. The zero-order chi connectivity index (χ0) is 13.7. The summed E-state index contributed by atoms with van der Waals surface area (Å²) >= 11 is 0. The Balaban J connectivity index is 1.93. The van der Waals surface area contributed by atoms with E-state index in [0.29, 0.717) is 6.54 Å². The Morgan fingerprint density at radius 2 is 1.95 bits per heavy atom. The van der Waals surface area contributed by atoms with Gasteiger partial charge in [0.15, 0.2) is 0 Å². The molecule has 1 aliphatic rings. The van der Waals surface area contributed by atoms with Crippen molar-refractivity contribution in [1.29, 1.82) is 0 Å². The maximum absolute atomic E-state index is 11.4. The smallest absolute Gasteiger partial charge is 0.396 e. The maximum Gasteiger partial charge on any atom is 0.396 e. The lowest BCUT2D eigenvalue weighted by atomic mass is 9.90. The summed E-state index contributed by atoms with van der Waals surface area (Å²) in [7, 11) is 0. The SMILES string of the molecule is CCOC(=O)C(=O)NCc1ccc2c(c1)CCCC2. The van der Waals surface area contributed by atoms with Crippen LogP contribution in [-0.2, 0) is 33.7 Å². The molecule has 102 valence electrons. The number of benzene rings is 1. The van der Waals surface area contributed by atoms with Crippen molar-refractivity contribution in [1.82, 2.24) is 5.32 Å². The summed E-state index contributed by atoms with van der Waals surface area (Å²) in [4.78, 5) is 22.6. The molecule has 0 atom stereocenters. The molecule has 19 heavy (non-hydrogen) atoms. The van der Waals surface area contributed by atoms with Crippen LogP contribution < -0.4 is 5.32 Å². The van der Waals surface area contributed by atoms with Crippen LogP contribution >= 0.6 is 0 Å². The van der Waals surface area contributed by atoms with E-state index in [1.54, 1.807) is 6.92 Å². The van der Waals surface area contributed by atoms with Crippen LogP contribution in [0.2, 0.25) is 0 Å². The summed E-state index contributed by atoms with van der Waals surface area (Å²) in [6, 6.07) is 6.26. The highest BCUT2D eigenvalue weighted by Crippen LogP contribution is 2.22. The number of amides is 1. The summed E-state index contributed by atoms with van der Waals surface area (Å²) in [5.41, 5.74) is 3.80. The van der Waals surface area contributed by atoms with Crippen LogP contribution in [0.4, 0.5) is 0 Å². The Kier molecular flexibility index (Phi) is 4.55. The van der Waals surface area contributed by atoms with Crippen molar-refractivity contribution < 1.29 is 14.3 Å². The molecule has 0 spiro atoms. The van der Waals surface area contributed by atoms with Crippen LogP contribution in [0, 0.1) is 0 Å².